The highest BCUT2D eigenvalue weighted by Gasteiger charge is 2.25. The fourth-order valence-corrected chi connectivity index (χ4v) is 3.54. The summed E-state index contributed by atoms with van der Waals surface area (Å²) in [6.07, 6.45) is 0. The maximum atomic E-state index is 13.0. The normalized spacial score (nSPS) is 11.8. The molecule has 32 heavy (non-hydrogen) atoms. The largest absolute Gasteiger partial charge is 0.480 e. The summed E-state index contributed by atoms with van der Waals surface area (Å²) in [5.74, 6) is -1.99. The Morgan fingerprint density at radius 1 is 0.844 bits per heavy atom. The Morgan fingerprint density at radius 2 is 1.44 bits per heavy atom. The number of aryl methyl sites for hydroxylation is 2. The van der Waals surface area contributed by atoms with Gasteiger partial charge in [-0.2, -0.15) is 0 Å². The zero-order valence-electron chi connectivity index (χ0n) is 18.5. The Balaban J connectivity index is 1.95. The molecule has 0 aromatic heterocycles. The van der Waals surface area contributed by atoms with E-state index in [4.69, 9.17) is 0 Å². The fourth-order valence-electron chi connectivity index (χ4n) is 3.54. The minimum Gasteiger partial charge on any atom is -0.480 e. The molecule has 0 heterocycles. The fraction of sp³-hybridized carbons (Fsp3) is 0.240. The molecule has 4 N–H and O–H groups in total. The molecule has 0 saturated heterocycles. The zero-order chi connectivity index (χ0) is 23.4. The van der Waals surface area contributed by atoms with Crippen LogP contribution in [0.5, 0.6) is 0 Å². The molecular weight excluding hydrogens is 406 g/mol. The predicted octanol–water partition coefficient (Wildman–Crippen LogP) is 4.94. The second-order valence-corrected chi connectivity index (χ2v) is 8.12. The van der Waals surface area contributed by atoms with Gasteiger partial charge in [0.1, 0.15) is 6.04 Å². The Kier molecular flexibility index (Phi) is 6.78. The molecule has 7 nitrogen and oxygen atoms in total. The molecule has 0 unspecified atom stereocenters. The summed E-state index contributed by atoms with van der Waals surface area (Å²) in [4.78, 5) is 37.4. The number of anilines is 2. The van der Waals surface area contributed by atoms with Gasteiger partial charge in [-0.15, -0.1) is 0 Å². The lowest BCUT2D eigenvalue weighted by Crippen LogP contribution is -2.44. The Bertz CT molecular complexity index is 1170. The van der Waals surface area contributed by atoms with Crippen LogP contribution in [-0.4, -0.2) is 29.1 Å². The molecule has 3 amide bonds. The number of amides is 3. The van der Waals surface area contributed by atoms with Gasteiger partial charge >= 0.3 is 12.0 Å². The third kappa shape index (κ3) is 5.06. The molecule has 0 aliphatic carbocycles. The van der Waals surface area contributed by atoms with Crippen molar-refractivity contribution < 1.29 is 19.5 Å². The lowest BCUT2D eigenvalue weighted by molar-refractivity contribution is -0.140. The van der Waals surface area contributed by atoms with Crippen molar-refractivity contribution in [1.82, 2.24) is 5.32 Å². The molecule has 3 aromatic rings. The van der Waals surface area contributed by atoms with Gasteiger partial charge < -0.3 is 21.1 Å². The van der Waals surface area contributed by atoms with E-state index >= 15 is 0 Å². The van der Waals surface area contributed by atoms with Crippen LogP contribution in [0.25, 0.3) is 10.8 Å². The van der Waals surface area contributed by atoms with Gasteiger partial charge in [0.25, 0.3) is 5.91 Å². The van der Waals surface area contributed by atoms with Crippen molar-refractivity contribution in [2.24, 2.45) is 5.92 Å². The third-order valence-corrected chi connectivity index (χ3v) is 5.32. The van der Waals surface area contributed by atoms with Crippen LogP contribution in [0, 0.1) is 19.8 Å². The van der Waals surface area contributed by atoms with Gasteiger partial charge in [-0.05, 0) is 53.8 Å². The highest BCUT2D eigenvalue weighted by Crippen LogP contribution is 2.26. The highest BCUT2D eigenvalue weighted by atomic mass is 16.4. The van der Waals surface area contributed by atoms with E-state index in [0.29, 0.717) is 5.69 Å². The Morgan fingerprint density at radius 3 is 2.00 bits per heavy atom. The van der Waals surface area contributed by atoms with E-state index in [1.54, 1.807) is 26.0 Å². The monoisotopic (exact) mass is 433 g/mol. The van der Waals surface area contributed by atoms with E-state index in [2.05, 4.69) is 16.0 Å². The first-order valence-corrected chi connectivity index (χ1v) is 10.4. The lowest BCUT2D eigenvalue weighted by Gasteiger charge is -2.20. The topological polar surface area (TPSA) is 108 Å². The van der Waals surface area contributed by atoms with Crippen molar-refractivity contribution in [2.45, 2.75) is 33.7 Å². The van der Waals surface area contributed by atoms with Gasteiger partial charge in [-0.3, -0.25) is 4.79 Å². The molecule has 0 radical (unpaired) electrons. The van der Waals surface area contributed by atoms with Crippen molar-refractivity contribution >= 4 is 40.1 Å². The molecule has 7 heteroatoms. The Hall–Kier alpha value is -3.87. The predicted molar refractivity (Wildman–Crippen MR) is 126 cm³/mol. The number of para-hydroxylation sites is 1. The molecule has 0 spiro atoms. The average molecular weight is 434 g/mol. The van der Waals surface area contributed by atoms with Gasteiger partial charge in [0.2, 0.25) is 0 Å². The second kappa shape index (κ2) is 9.51. The summed E-state index contributed by atoms with van der Waals surface area (Å²) in [5, 5.41) is 19.3. The van der Waals surface area contributed by atoms with E-state index in [1.165, 1.54) is 0 Å². The highest BCUT2D eigenvalue weighted by molar-refractivity contribution is 6.10. The van der Waals surface area contributed by atoms with Crippen molar-refractivity contribution in [3.63, 3.8) is 0 Å². The summed E-state index contributed by atoms with van der Waals surface area (Å²) < 4.78 is 0. The maximum absolute atomic E-state index is 13.0. The zero-order valence-corrected chi connectivity index (χ0v) is 18.5. The number of hydrogen-bond acceptors (Lipinski definition) is 3. The van der Waals surface area contributed by atoms with Crippen molar-refractivity contribution in [1.29, 1.82) is 0 Å². The van der Waals surface area contributed by atoms with E-state index in [1.807, 2.05) is 56.3 Å². The van der Waals surface area contributed by atoms with E-state index in [0.717, 1.165) is 21.9 Å². The molecule has 0 bridgehead atoms. The SMILES string of the molecule is Cc1cccc(C)c1NC(=O)Nc1cc2ccccc2cc1C(=O)N[C@H](C(=O)O)C(C)C. The first-order valence-electron chi connectivity index (χ1n) is 10.4. The van der Waals surface area contributed by atoms with Crippen LogP contribution < -0.4 is 16.0 Å². The minimum atomic E-state index is -1.11. The number of urea groups is 1. The van der Waals surface area contributed by atoms with Crippen LogP contribution >= 0.6 is 0 Å². The van der Waals surface area contributed by atoms with Gasteiger partial charge in [0.15, 0.2) is 0 Å². The average Bonchev–Trinajstić information content (AvgIpc) is 2.73. The van der Waals surface area contributed by atoms with Crippen LogP contribution in [0.15, 0.2) is 54.6 Å². The molecule has 0 aliphatic rings. The molecule has 0 aliphatic heterocycles. The number of benzene rings is 3. The number of aliphatic carboxylic acids is 1. The van der Waals surface area contributed by atoms with Gasteiger partial charge in [-0.1, -0.05) is 56.3 Å². The summed E-state index contributed by atoms with van der Waals surface area (Å²) in [6.45, 7) is 7.23. The Labute approximate surface area is 186 Å². The number of carboxylic acid groups (broad SMARTS) is 1. The standard InChI is InChI=1S/C25H27N3O4/c1-14(2)21(24(30)31)27-23(29)19-12-17-10-5-6-11-18(17)13-20(19)26-25(32)28-22-15(3)8-7-9-16(22)4/h5-14,21H,1-4H3,(H,27,29)(H,30,31)(H2,26,28,32)/t21-/m0/s1. The van der Waals surface area contributed by atoms with Crippen molar-refractivity contribution in [3.05, 3.63) is 71.3 Å². The molecule has 3 rings (SSSR count). The van der Waals surface area contributed by atoms with Crippen LogP contribution in [0.1, 0.15) is 35.3 Å². The van der Waals surface area contributed by atoms with Crippen LogP contribution in [-0.2, 0) is 4.79 Å². The second-order valence-electron chi connectivity index (χ2n) is 8.12. The quantitative estimate of drug-likeness (QED) is 0.442. The molecule has 0 fully saturated rings. The molecular formula is C25H27N3O4. The molecule has 166 valence electrons. The van der Waals surface area contributed by atoms with Crippen molar-refractivity contribution in [2.75, 3.05) is 10.6 Å². The number of fused-ring (bicyclic) bond motifs is 1. The number of hydrogen-bond donors (Lipinski definition) is 4. The summed E-state index contributed by atoms with van der Waals surface area (Å²) in [6, 6.07) is 15.0. The first kappa shape index (κ1) is 22.8. The van der Waals surface area contributed by atoms with Gasteiger partial charge in [0.05, 0.1) is 11.3 Å². The van der Waals surface area contributed by atoms with Crippen LogP contribution in [0.4, 0.5) is 16.2 Å². The molecule has 1 atom stereocenters. The minimum absolute atomic E-state index is 0.187. The number of carbonyl (C=O) groups is 3. The lowest BCUT2D eigenvalue weighted by atomic mass is 10.0. The third-order valence-electron chi connectivity index (χ3n) is 5.32. The van der Waals surface area contributed by atoms with Gasteiger partial charge in [-0.25, -0.2) is 9.59 Å². The smallest absolute Gasteiger partial charge is 0.326 e. The first-order chi connectivity index (χ1) is 15.2. The number of rotatable bonds is 6. The number of carbonyl (C=O) groups excluding carboxylic acids is 2. The van der Waals surface area contributed by atoms with E-state index in [9.17, 15) is 19.5 Å². The number of nitrogens with one attached hydrogen (secondary N) is 3. The maximum Gasteiger partial charge on any atom is 0.326 e. The van der Waals surface area contributed by atoms with E-state index in [-0.39, 0.29) is 17.2 Å². The van der Waals surface area contributed by atoms with Gasteiger partial charge in [0, 0.05) is 5.69 Å². The van der Waals surface area contributed by atoms with Crippen molar-refractivity contribution in [3.8, 4) is 0 Å². The van der Waals surface area contributed by atoms with Crippen LogP contribution in [0.2, 0.25) is 0 Å². The molecule has 3 aromatic carbocycles. The summed E-state index contributed by atoms with van der Waals surface area (Å²) in [5.41, 5.74) is 3.00. The van der Waals surface area contributed by atoms with E-state index < -0.39 is 23.9 Å². The molecule has 0 saturated carbocycles. The summed E-state index contributed by atoms with van der Waals surface area (Å²) in [7, 11) is 0. The van der Waals surface area contributed by atoms with Crippen LogP contribution in [0.3, 0.4) is 0 Å². The number of carboxylic acids is 1. The summed E-state index contributed by atoms with van der Waals surface area (Å²) >= 11 is 0.